The number of nitrogens with one attached hydrogen (secondary N) is 1. The minimum Gasteiger partial charge on any atom is -0.271 e. The molecule has 4 heteroatoms. The molecule has 0 spiro atoms. The predicted octanol–water partition coefficient (Wildman–Crippen LogP) is 3.68. The third-order valence-electron chi connectivity index (χ3n) is 2.95. The SMILES string of the molecule is Cc1ccc(C(NN)c2csc(Br)c2)cc1C. The Morgan fingerprint density at radius 1 is 1.18 bits per heavy atom. The molecule has 0 saturated heterocycles. The lowest BCUT2D eigenvalue weighted by Crippen LogP contribution is -2.28. The van der Waals surface area contributed by atoms with E-state index in [9.17, 15) is 0 Å². The third-order valence-corrected chi connectivity index (χ3v) is 4.47. The fourth-order valence-corrected chi connectivity index (χ4v) is 3.01. The molecular formula is C13H15BrN2S. The number of aryl methyl sites for hydroxylation is 2. The first-order valence-corrected chi connectivity index (χ1v) is 7.06. The summed E-state index contributed by atoms with van der Waals surface area (Å²) in [5.41, 5.74) is 7.85. The highest BCUT2D eigenvalue weighted by Gasteiger charge is 2.14. The van der Waals surface area contributed by atoms with Crippen molar-refractivity contribution in [2.45, 2.75) is 19.9 Å². The standard InChI is InChI=1S/C13H15BrN2S/c1-8-3-4-10(5-9(8)2)13(16-15)11-6-12(14)17-7-11/h3-7,13,16H,15H2,1-2H3. The van der Waals surface area contributed by atoms with E-state index in [0.717, 1.165) is 3.79 Å². The molecule has 1 heterocycles. The van der Waals surface area contributed by atoms with Gasteiger partial charge in [-0.15, -0.1) is 11.3 Å². The van der Waals surface area contributed by atoms with Gasteiger partial charge in [0.1, 0.15) is 0 Å². The minimum atomic E-state index is 0.0526. The van der Waals surface area contributed by atoms with Crippen molar-refractivity contribution in [3.8, 4) is 0 Å². The molecule has 90 valence electrons. The zero-order valence-corrected chi connectivity index (χ0v) is 12.2. The molecule has 1 atom stereocenters. The van der Waals surface area contributed by atoms with Crippen LogP contribution in [0.25, 0.3) is 0 Å². The Hall–Kier alpha value is -0.680. The molecule has 2 nitrogen and oxygen atoms in total. The molecule has 0 aliphatic rings. The molecule has 1 unspecified atom stereocenters. The lowest BCUT2D eigenvalue weighted by Gasteiger charge is -2.16. The van der Waals surface area contributed by atoms with Crippen molar-refractivity contribution in [1.29, 1.82) is 0 Å². The van der Waals surface area contributed by atoms with Crippen LogP contribution in [0.4, 0.5) is 0 Å². The molecule has 17 heavy (non-hydrogen) atoms. The monoisotopic (exact) mass is 310 g/mol. The van der Waals surface area contributed by atoms with Gasteiger partial charge in [-0.3, -0.25) is 5.84 Å². The molecule has 1 aromatic carbocycles. The molecule has 2 rings (SSSR count). The number of hydrogen-bond acceptors (Lipinski definition) is 3. The molecule has 0 aliphatic heterocycles. The molecule has 0 radical (unpaired) electrons. The van der Waals surface area contributed by atoms with Crippen LogP contribution in [-0.4, -0.2) is 0 Å². The lowest BCUT2D eigenvalue weighted by atomic mass is 9.98. The Morgan fingerprint density at radius 2 is 1.94 bits per heavy atom. The van der Waals surface area contributed by atoms with E-state index >= 15 is 0 Å². The fourth-order valence-electron chi connectivity index (χ4n) is 1.80. The summed E-state index contributed by atoms with van der Waals surface area (Å²) in [6.45, 7) is 4.24. The molecule has 2 aromatic rings. The predicted molar refractivity (Wildman–Crippen MR) is 77.1 cm³/mol. The van der Waals surface area contributed by atoms with Crippen molar-refractivity contribution >= 4 is 27.3 Å². The first kappa shape index (κ1) is 12.8. The maximum atomic E-state index is 5.67. The highest BCUT2D eigenvalue weighted by molar-refractivity contribution is 9.11. The molecular weight excluding hydrogens is 296 g/mol. The van der Waals surface area contributed by atoms with Crippen LogP contribution in [0.1, 0.15) is 28.3 Å². The third kappa shape index (κ3) is 2.77. The van der Waals surface area contributed by atoms with Crippen LogP contribution in [0.3, 0.4) is 0 Å². The molecule has 0 fully saturated rings. The molecule has 0 amide bonds. The van der Waals surface area contributed by atoms with E-state index in [1.807, 2.05) is 0 Å². The van der Waals surface area contributed by atoms with Gasteiger partial charge in [-0.1, -0.05) is 18.2 Å². The van der Waals surface area contributed by atoms with E-state index in [1.54, 1.807) is 11.3 Å². The summed E-state index contributed by atoms with van der Waals surface area (Å²) in [5, 5.41) is 2.11. The number of hydrogen-bond donors (Lipinski definition) is 2. The zero-order valence-electron chi connectivity index (χ0n) is 9.83. The van der Waals surface area contributed by atoms with Gasteiger partial charge in [0.25, 0.3) is 0 Å². The quantitative estimate of drug-likeness (QED) is 0.670. The van der Waals surface area contributed by atoms with Gasteiger partial charge in [0.05, 0.1) is 9.83 Å². The highest BCUT2D eigenvalue weighted by atomic mass is 79.9. The summed E-state index contributed by atoms with van der Waals surface area (Å²) >= 11 is 5.15. The Kier molecular flexibility index (Phi) is 3.99. The van der Waals surface area contributed by atoms with Crippen molar-refractivity contribution in [3.63, 3.8) is 0 Å². The van der Waals surface area contributed by atoms with Crippen LogP contribution in [0.5, 0.6) is 0 Å². The number of rotatable bonds is 3. The van der Waals surface area contributed by atoms with Crippen LogP contribution in [0, 0.1) is 13.8 Å². The topological polar surface area (TPSA) is 38.0 Å². The smallest absolute Gasteiger partial charge is 0.0718 e. The molecule has 0 aliphatic carbocycles. The summed E-state index contributed by atoms with van der Waals surface area (Å²) < 4.78 is 1.12. The average Bonchev–Trinajstić information content (AvgIpc) is 2.71. The van der Waals surface area contributed by atoms with Crippen molar-refractivity contribution in [3.05, 3.63) is 55.7 Å². The maximum Gasteiger partial charge on any atom is 0.0718 e. The summed E-state index contributed by atoms with van der Waals surface area (Å²) in [6.07, 6.45) is 0. The van der Waals surface area contributed by atoms with E-state index in [2.05, 4.69) is 64.8 Å². The van der Waals surface area contributed by atoms with Gasteiger partial charge in [0.2, 0.25) is 0 Å². The van der Waals surface area contributed by atoms with Gasteiger partial charge >= 0.3 is 0 Å². The molecule has 3 N–H and O–H groups in total. The van der Waals surface area contributed by atoms with E-state index in [0.29, 0.717) is 0 Å². The Morgan fingerprint density at radius 3 is 2.47 bits per heavy atom. The van der Waals surface area contributed by atoms with Crippen LogP contribution >= 0.6 is 27.3 Å². The molecule has 0 bridgehead atoms. The van der Waals surface area contributed by atoms with Crippen LogP contribution in [0.2, 0.25) is 0 Å². The van der Waals surface area contributed by atoms with Crippen molar-refractivity contribution < 1.29 is 0 Å². The van der Waals surface area contributed by atoms with E-state index in [4.69, 9.17) is 5.84 Å². The Labute approximate surface area is 114 Å². The van der Waals surface area contributed by atoms with Crippen LogP contribution in [0.15, 0.2) is 33.4 Å². The van der Waals surface area contributed by atoms with Crippen molar-refractivity contribution in [1.82, 2.24) is 5.43 Å². The van der Waals surface area contributed by atoms with Gasteiger partial charge in [-0.05, 0) is 63.5 Å². The van der Waals surface area contributed by atoms with Crippen molar-refractivity contribution in [2.24, 2.45) is 5.84 Å². The largest absolute Gasteiger partial charge is 0.271 e. The van der Waals surface area contributed by atoms with Crippen LogP contribution in [-0.2, 0) is 0 Å². The van der Waals surface area contributed by atoms with E-state index < -0.39 is 0 Å². The second-order valence-electron chi connectivity index (χ2n) is 4.13. The normalized spacial score (nSPS) is 12.7. The maximum absolute atomic E-state index is 5.67. The minimum absolute atomic E-state index is 0.0526. The van der Waals surface area contributed by atoms with E-state index in [1.165, 1.54) is 22.3 Å². The second-order valence-corrected chi connectivity index (χ2v) is 6.42. The van der Waals surface area contributed by atoms with Gasteiger partial charge in [-0.25, -0.2) is 5.43 Å². The highest BCUT2D eigenvalue weighted by Crippen LogP contribution is 2.29. The summed E-state index contributed by atoms with van der Waals surface area (Å²) in [4.78, 5) is 0. The number of thiophene rings is 1. The van der Waals surface area contributed by atoms with E-state index in [-0.39, 0.29) is 6.04 Å². The van der Waals surface area contributed by atoms with Crippen LogP contribution < -0.4 is 11.3 Å². The summed E-state index contributed by atoms with van der Waals surface area (Å²) in [5.74, 6) is 5.67. The van der Waals surface area contributed by atoms with Gasteiger partial charge in [0, 0.05) is 0 Å². The van der Waals surface area contributed by atoms with Gasteiger partial charge < -0.3 is 0 Å². The number of benzene rings is 1. The Bertz CT molecular complexity index is 522. The number of hydrazine groups is 1. The summed E-state index contributed by atoms with van der Waals surface area (Å²) in [6, 6.07) is 8.60. The lowest BCUT2D eigenvalue weighted by molar-refractivity contribution is 0.638. The molecule has 1 aromatic heterocycles. The van der Waals surface area contributed by atoms with Crippen molar-refractivity contribution in [2.75, 3.05) is 0 Å². The second kappa shape index (κ2) is 5.31. The molecule has 0 saturated carbocycles. The number of halogens is 1. The zero-order chi connectivity index (χ0) is 12.4. The van der Waals surface area contributed by atoms with Gasteiger partial charge in [0.15, 0.2) is 0 Å². The Balaban J connectivity index is 2.38. The average molecular weight is 311 g/mol. The first-order valence-electron chi connectivity index (χ1n) is 5.39. The fraction of sp³-hybridized carbons (Fsp3) is 0.231. The number of nitrogens with two attached hydrogens (primary N) is 1. The summed E-state index contributed by atoms with van der Waals surface area (Å²) in [7, 11) is 0. The van der Waals surface area contributed by atoms with Gasteiger partial charge in [-0.2, -0.15) is 0 Å². The first-order chi connectivity index (χ1) is 8.11.